The first kappa shape index (κ1) is 20.4. The second-order valence-electron chi connectivity index (χ2n) is 8.72. The Balaban J connectivity index is 2.64. The van der Waals surface area contributed by atoms with E-state index in [2.05, 4.69) is 47.4 Å². The van der Waals surface area contributed by atoms with Crippen LogP contribution in [0.5, 0.6) is 0 Å². The molecule has 0 aromatic carbocycles. The molecule has 0 spiro atoms. The predicted molar refractivity (Wildman–Crippen MR) is 98.0 cm³/mol. The van der Waals surface area contributed by atoms with Crippen LogP contribution < -0.4 is 0 Å². The third-order valence-corrected chi connectivity index (χ3v) is 6.36. The molecule has 1 amide bonds. The van der Waals surface area contributed by atoms with Gasteiger partial charge < -0.3 is 14.2 Å². The van der Waals surface area contributed by atoms with Crippen molar-refractivity contribution in [3.63, 3.8) is 0 Å². The van der Waals surface area contributed by atoms with Gasteiger partial charge in [0.05, 0.1) is 13.7 Å². The highest BCUT2D eigenvalue weighted by atomic mass is 31.1. The molecule has 4 nitrogen and oxygen atoms in total. The van der Waals surface area contributed by atoms with E-state index in [1.54, 1.807) is 4.90 Å². The van der Waals surface area contributed by atoms with Crippen LogP contribution in [0.1, 0.15) is 61.8 Å². The van der Waals surface area contributed by atoms with Crippen molar-refractivity contribution in [3.8, 4) is 0 Å². The van der Waals surface area contributed by atoms with E-state index in [0.29, 0.717) is 13.1 Å². The molecule has 1 rings (SSSR count). The normalized spacial score (nSPS) is 18.5. The van der Waals surface area contributed by atoms with E-state index in [1.807, 2.05) is 20.8 Å². The molecule has 0 aliphatic carbocycles. The smallest absolute Gasteiger partial charge is 0.410 e. The van der Waals surface area contributed by atoms with Gasteiger partial charge >= 0.3 is 6.09 Å². The lowest BCUT2D eigenvalue weighted by Crippen LogP contribution is -2.40. The summed E-state index contributed by atoms with van der Waals surface area (Å²) in [7, 11) is -0.634. The van der Waals surface area contributed by atoms with Gasteiger partial charge in [0.1, 0.15) is 5.60 Å². The Hall–Kier alpha value is -0.600. The lowest BCUT2D eigenvalue weighted by atomic mass is 9.79. The zero-order valence-corrected chi connectivity index (χ0v) is 17.2. The fraction of sp³-hybridized carbons (Fsp3) is 0.833. The molecule has 0 fully saturated rings. The van der Waals surface area contributed by atoms with Crippen LogP contribution in [0.3, 0.4) is 0 Å². The van der Waals surface area contributed by atoms with Crippen LogP contribution in [0.25, 0.3) is 0 Å². The Morgan fingerprint density at radius 3 is 2.09 bits per heavy atom. The largest absolute Gasteiger partial charge is 0.444 e. The van der Waals surface area contributed by atoms with E-state index in [9.17, 15) is 4.79 Å². The molecule has 0 saturated carbocycles. The summed E-state index contributed by atoms with van der Waals surface area (Å²) in [5.41, 5.74) is -0.545. The molecule has 0 aromatic heterocycles. The standard InChI is InChI=1S/C18H34NO3P/c1-16(2,3)18(7,8)22-23(9)14-10-12-19(13-11-14)15(20)21-17(4,5)6/h10H,11-13H2,1-9H3. The molecule has 0 saturated heterocycles. The van der Waals surface area contributed by atoms with Crippen LogP contribution in [0.2, 0.25) is 0 Å². The zero-order valence-electron chi connectivity index (χ0n) is 16.3. The number of ether oxygens (including phenoxy) is 1. The average Bonchev–Trinajstić information content (AvgIpc) is 2.35. The van der Waals surface area contributed by atoms with Gasteiger partial charge in [-0.1, -0.05) is 26.8 Å². The van der Waals surface area contributed by atoms with Crippen molar-refractivity contribution in [2.45, 2.75) is 73.0 Å². The molecule has 0 radical (unpaired) electrons. The minimum Gasteiger partial charge on any atom is -0.444 e. The van der Waals surface area contributed by atoms with Crippen LogP contribution in [0, 0.1) is 5.41 Å². The van der Waals surface area contributed by atoms with Crippen molar-refractivity contribution in [2.75, 3.05) is 19.8 Å². The van der Waals surface area contributed by atoms with Gasteiger partial charge in [-0.3, -0.25) is 0 Å². The fourth-order valence-electron chi connectivity index (χ4n) is 1.97. The predicted octanol–water partition coefficient (Wildman–Crippen LogP) is 5.38. The van der Waals surface area contributed by atoms with Gasteiger partial charge in [-0.15, -0.1) is 0 Å². The molecule has 1 atom stereocenters. The van der Waals surface area contributed by atoms with Crippen molar-refractivity contribution in [1.29, 1.82) is 0 Å². The highest BCUT2D eigenvalue weighted by Gasteiger charge is 2.36. The summed E-state index contributed by atoms with van der Waals surface area (Å²) in [5, 5.41) is 1.33. The average molecular weight is 343 g/mol. The SMILES string of the molecule is CP(OC(C)(C)C(C)(C)C)C1=CCN(C(=O)OC(C)(C)C)CC1. The maximum absolute atomic E-state index is 12.1. The minimum atomic E-state index is -0.634. The van der Waals surface area contributed by atoms with Crippen LogP contribution in [0.4, 0.5) is 4.79 Å². The molecule has 0 bridgehead atoms. The van der Waals surface area contributed by atoms with Crippen molar-refractivity contribution >= 4 is 14.2 Å². The van der Waals surface area contributed by atoms with E-state index in [1.165, 1.54) is 5.31 Å². The Labute approximate surface area is 143 Å². The molecular weight excluding hydrogens is 309 g/mol. The zero-order chi connectivity index (χ0) is 18.1. The molecule has 1 heterocycles. The fourth-order valence-corrected chi connectivity index (χ4v) is 3.80. The molecule has 23 heavy (non-hydrogen) atoms. The van der Waals surface area contributed by atoms with Crippen LogP contribution in [-0.4, -0.2) is 41.9 Å². The summed E-state index contributed by atoms with van der Waals surface area (Å²) < 4.78 is 11.8. The third-order valence-electron chi connectivity index (χ3n) is 4.41. The van der Waals surface area contributed by atoms with Crippen LogP contribution >= 0.6 is 8.15 Å². The number of hydrogen-bond donors (Lipinski definition) is 0. The number of nitrogens with zero attached hydrogens (tertiary/aromatic N) is 1. The monoisotopic (exact) mass is 343 g/mol. The van der Waals surface area contributed by atoms with Crippen molar-refractivity contribution in [3.05, 3.63) is 11.4 Å². The van der Waals surface area contributed by atoms with E-state index < -0.39 is 13.7 Å². The van der Waals surface area contributed by atoms with E-state index in [4.69, 9.17) is 9.26 Å². The highest BCUT2D eigenvalue weighted by molar-refractivity contribution is 7.56. The second kappa shape index (κ2) is 7.11. The molecule has 5 heteroatoms. The van der Waals surface area contributed by atoms with Crippen molar-refractivity contribution < 1.29 is 14.1 Å². The van der Waals surface area contributed by atoms with Crippen molar-refractivity contribution in [2.24, 2.45) is 5.41 Å². The first-order valence-corrected chi connectivity index (χ1v) is 10.0. The molecule has 0 aromatic rings. The number of hydrogen-bond acceptors (Lipinski definition) is 3. The summed E-state index contributed by atoms with van der Waals surface area (Å²) in [6.45, 7) is 20.1. The van der Waals surface area contributed by atoms with Crippen LogP contribution in [0.15, 0.2) is 11.4 Å². The molecule has 0 N–H and O–H groups in total. The molecular formula is C18H34NO3P. The molecule has 1 aliphatic heterocycles. The first-order chi connectivity index (χ1) is 10.2. The van der Waals surface area contributed by atoms with Crippen molar-refractivity contribution in [1.82, 2.24) is 4.90 Å². The second-order valence-corrected chi connectivity index (χ2v) is 10.5. The van der Waals surface area contributed by atoms with Gasteiger partial charge in [0.15, 0.2) is 0 Å². The van der Waals surface area contributed by atoms with Gasteiger partial charge in [0.2, 0.25) is 0 Å². The highest BCUT2D eigenvalue weighted by Crippen LogP contribution is 2.51. The number of rotatable bonds is 3. The summed E-state index contributed by atoms with van der Waals surface area (Å²) in [5.74, 6) is 0. The molecule has 1 aliphatic rings. The van der Waals surface area contributed by atoms with Crippen LogP contribution in [-0.2, 0) is 9.26 Å². The summed E-state index contributed by atoms with van der Waals surface area (Å²) in [4.78, 5) is 13.9. The topological polar surface area (TPSA) is 38.8 Å². The molecule has 1 unspecified atom stereocenters. The minimum absolute atomic E-state index is 0.0847. The molecule has 134 valence electrons. The Kier molecular flexibility index (Phi) is 6.32. The third kappa shape index (κ3) is 6.08. The summed E-state index contributed by atoms with van der Waals surface area (Å²) >= 11 is 0. The maximum atomic E-state index is 12.1. The van der Waals surface area contributed by atoms with Gasteiger partial charge in [-0.25, -0.2) is 4.79 Å². The van der Waals surface area contributed by atoms with E-state index in [-0.39, 0.29) is 17.1 Å². The number of carbonyl (C=O) groups excluding carboxylic acids is 1. The van der Waals surface area contributed by atoms with E-state index in [0.717, 1.165) is 6.42 Å². The lowest BCUT2D eigenvalue weighted by Gasteiger charge is -2.41. The number of carbonyl (C=O) groups is 1. The Bertz CT molecular complexity index is 458. The van der Waals surface area contributed by atoms with Gasteiger partial charge in [-0.2, -0.15) is 0 Å². The Morgan fingerprint density at radius 2 is 1.70 bits per heavy atom. The van der Waals surface area contributed by atoms with Gasteiger partial charge in [0, 0.05) is 13.1 Å². The van der Waals surface area contributed by atoms with Gasteiger partial charge in [0.25, 0.3) is 0 Å². The lowest BCUT2D eigenvalue weighted by molar-refractivity contribution is 0.0120. The number of amides is 1. The quantitative estimate of drug-likeness (QED) is 0.646. The first-order valence-electron chi connectivity index (χ1n) is 8.33. The maximum Gasteiger partial charge on any atom is 0.410 e. The summed E-state index contributed by atoms with van der Waals surface area (Å²) in [6, 6.07) is 0. The van der Waals surface area contributed by atoms with Gasteiger partial charge in [-0.05, 0) is 58.4 Å². The Morgan fingerprint density at radius 1 is 1.13 bits per heavy atom. The summed E-state index contributed by atoms with van der Waals surface area (Å²) in [6.07, 6.45) is 2.77. The van der Waals surface area contributed by atoms with E-state index >= 15 is 0 Å².